The summed E-state index contributed by atoms with van der Waals surface area (Å²) in [4.78, 5) is 42.5. The van der Waals surface area contributed by atoms with Gasteiger partial charge in [0.25, 0.3) is 5.91 Å². The Morgan fingerprint density at radius 3 is 2.30 bits per heavy atom. The topological polar surface area (TPSA) is 81.1 Å². The van der Waals surface area contributed by atoms with E-state index in [0.717, 1.165) is 37.1 Å². The number of hydrogen-bond donors (Lipinski definition) is 1. The molecule has 2 aromatic carbocycles. The predicted octanol–water partition coefficient (Wildman–Crippen LogP) is 5.43. The van der Waals surface area contributed by atoms with Crippen LogP contribution in [0.3, 0.4) is 0 Å². The molecule has 1 aliphatic carbocycles. The van der Waals surface area contributed by atoms with Crippen LogP contribution in [0.5, 0.6) is 0 Å². The molecule has 4 rings (SSSR count). The van der Waals surface area contributed by atoms with Crippen molar-refractivity contribution in [1.82, 2.24) is 9.55 Å². The maximum Gasteiger partial charge on any atom is 0.264 e. The molecule has 8 heteroatoms. The Labute approximate surface area is 201 Å². The number of anilines is 1. The van der Waals surface area contributed by atoms with E-state index in [1.54, 1.807) is 53.1 Å². The molecule has 170 valence electrons. The molecule has 33 heavy (non-hydrogen) atoms. The second-order valence-electron chi connectivity index (χ2n) is 8.03. The largest absolute Gasteiger partial charge is 0.326 e. The quantitative estimate of drug-likeness (QED) is 0.375. The van der Waals surface area contributed by atoms with Crippen molar-refractivity contribution in [2.24, 2.45) is 0 Å². The number of imidazole rings is 1. The fraction of sp³-hybridized carbons (Fsp3) is 0.280. The van der Waals surface area contributed by atoms with Crippen molar-refractivity contribution < 1.29 is 14.4 Å². The van der Waals surface area contributed by atoms with Crippen molar-refractivity contribution in [3.05, 3.63) is 76.1 Å². The Bertz CT molecular complexity index is 1200. The highest BCUT2D eigenvalue weighted by molar-refractivity contribution is 8.00. The lowest BCUT2D eigenvalue weighted by molar-refractivity contribution is -0.114. The molecule has 0 unspecified atom stereocenters. The monoisotopic (exact) mass is 481 g/mol. The third-order valence-electron chi connectivity index (χ3n) is 5.54. The van der Waals surface area contributed by atoms with E-state index in [9.17, 15) is 14.4 Å². The van der Waals surface area contributed by atoms with Crippen molar-refractivity contribution in [2.45, 2.75) is 49.9 Å². The van der Waals surface area contributed by atoms with Gasteiger partial charge in [0.1, 0.15) is 0 Å². The first-order chi connectivity index (χ1) is 15.8. The van der Waals surface area contributed by atoms with Crippen LogP contribution in [0.25, 0.3) is 0 Å². The second kappa shape index (κ2) is 9.93. The van der Waals surface area contributed by atoms with E-state index in [1.807, 2.05) is 6.92 Å². The van der Waals surface area contributed by atoms with Crippen LogP contribution in [-0.4, -0.2) is 32.4 Å². The van der Waals surface area contributed by atoms with Gasteiger partial charge in [0.15, 0.2) is 10.9 Å². The maximum atomic E-state index is 13.5. The molecule has 6 nitrogen and oxygen atoms in total. The van der Waals surface area contributed by atoms with Crippen molar-refractivity contribution in [1.29, 1.82) is 0 Å². The fourth-order valence-electron chi connectivity index (χ4n) is 3.89. The molecule has 3 aromatic rings. The minimum Gasteiger partial charge on any atom is -0.326 e. The summed E-state index contributed by atoms with van der Waals surface area (Å²) in [5.74, 6) is -0.402. The van der Waals surface area contributed by atoms with Crippen molar-refractivity contribution in [2.75, 3.05) is 5.32 Å². The van der Waals surface area contributed by atoms with Crippen LogP contribution in [0, 0.1) is 0 Å². The highest BCUT2D eigenvalue weighted by Gasteiger charge is 2.28. The Morgan fingerprint density at radius 1 is 1.00 bits per heavy atom. The number of nitrogens with one attached hydrogen (secondary N) is 1. The van der Waals surface area contributed by atoms with Gasteiger partial charge in [-0.25, -0.2) is 4.98 Å². The van der Waals surface area contributed by atoms with Crippen molar-refractivity contribution in [3.8, 4) is 0 Å². The summed E-state index contributed by atoms with van der Waals surface area (Å²) in [5.41, 5.74) is 3.54. The normalized spacial score (nSPS) is 13.8. The molecule has 0 fully saturated rings. The third kappa shape index (κ3) is 5.20. The lowest BCUT2D eigenvalue weighted by Crippen LogP contribution is -2.20. The number of carbonyl (C=O) groups excluding carboxylic acids is 3. The lowest BCUT2D eigenvalue weighted by atomic mass is 10.0. The molecule has 1 amide bonds. The molecule has 1 atom stereocenters. The number of thioether (sulfide) groups is 1. The zero-order chi connectivity index (χ0) is 23.5. The molecule has 0 bridgehead atoms. The number of amides is 1. The summed E-state index contributed by atoms with van der Waals surface area (Å²) >= 11 is 7.24. The Hall–Kier alpha value is -2.90. The molecule has 0 radical (unpaired) electrons. The van der Waals surface area contributed by atoms with E-state index >= 15 is 0 Å². The SMILES string of the molecule is CC(=O)Nc1ccc(C(=O)n2c(S[C@H](C)C(=O)c3ccc(Cl)cc3)nc3c2CCCC3)cc1. The molecule has 1 aliphatic rings. The average molecular weight is 482 g/mol. The van der Waals surface area contributed by atoms with Gasteiger partial charge in [-0.1, -0.05) is 23.4 Å². The number of hydrogen-bond acceptors (Lipinski definition) is 5. The number of carbonyl (C=O) groups is 3. The molecule has 1 aromatic heterocycles. The van der Waals surface area contributed by atoms with Gasteiger partial charge in [-0.15, -0.1) is 0 Å². The first-order valence-corrected chi connectivity index (χ1v) is 12.1. The number of Topliss-reactive ketones (excluding diaryl/α,β-unsaturated/α-hetero) is 1. The zero-order valence-corrected chi connectivity index (χ0v) is 20.0. The van der Waals surface area contributed by atoms with Crippen LogP contribution in [0.2, 0.25) is 5.02 Å². The van der Waals surface area contributed by atoms with Gasteiger partial charge < -0.3 is 5.32 Å². The number of ketones is 1. The Morgan fingerprint density at radius 2 is 1.64 bits per heavy atom. The van der Waals surface area contributed by atoms with E-state index in [0.29, 0.717) is 27.0 Å². The second-order valence-corrected chi connectivity index (χ2v) is 9.77. The summed E-state index contributed by atoms with van der Waals surface area (Å²) in [6.45, 7) is 3.26. The molecular formula is C25H24ClN3O3S. The van der Waals surface area contributed by atoms with Crippen LogP contribution >= 0.6 is 23.4 Å². The number of aryl methyl sites for hydroxylation is 1. The van der Waals surface area contributed by atoms with Crippen LogP contribution < -0.4 is 5.32 Å². The predicted molar refractivity (Wildman–Crippen MR) is 130 cm³/mol. The van der Waals surface area contributed by atoms with Crippen LogP contribution in [0.4, 0.5) is 5.69 Å². The number of benzene rings is 2. The van der Waals surface area contributed by atoms with Gasteiger partial charge >= 0.3 is 0 Å². The van der Waals surface area contributed by atoms with Gasteiger partial charge in [-0.2, -0.15) is 0 Å². The van der Waals surface area contributed by atoms with Gasteiger partial charge in [0.05, 0.1) is 10.9 Å². The van der Waals surface area contributed by atoms with Crippen molar-refractivity contribution in [3.63, 3.8) is 0 Å². The Balaban J connectivity index is 1.63. The molecule has 0 aliphatic heterocycles. The van der Waals surface area contributed by atoms with Crippen LogP contribution in [-0.2, 0) is 17.6 Å². The van der Waals surface area contributed by atoms with E-state index in [2.05, 4.69) is 5.32 Å². The number of rotatable bonds is 6. The fourth-order valence-corrected chi connectivity index (χ4v) is 5.04. The molecule has 1 heterocycles. The number of halogens is 1. The first-order valence-electron chi connectivity index (χ1n) is 10.8. The highest BCUT2D eigenvalue weighted by atomic mass is 35.5. The number of nitrogens with zero attached hydrogens (tertiary/aromatic N) is 2. The van der Waals surface area contributed by atoms with Crippen LogP contribution in [0.15, 0.2) is 53.7 Å². The number of aromatic nitrogens is 2. The summed E-state index contributed by atoms with van der Waals surface area (Å²) in [6.07, 6.45) is 3.63. The standard InChI is InChI=1S/C25H24ClN3O3S/c1-15(23(31)17-7-11-19(26)12-8-17)33-25-28-21-5-3-4-6-22(21)29(25)24(32)18-9-13-20(14-10-18)27-16(2)30/h7-15H,3-6H2,1-2H3,(H,27,30)/t15-/m1/s1. The summed E-state index contributed by atoms with van der Waals surface area (Å²) in [7, 11) is 0. The van der Waals surface area contributed by atoms with Gasteiger partial charge in [0.2, 0.25) is 5.91 Å². The van der Waals surface area contributed by atoms with E-state index in [4.69, 9.17) is 16.6 Å². The zero-order valence-electron chi connectivity index (χ0n) is 18.4. The molecule has 0 spiro atoms. The Kier molecular flexibility index (Phi) is 7.00. The lowest BCUT2D eigenvalue weighted by Gasteiger charge is -2.15. The van der Waals surface area contributed by atoms with E-state index < -0.39 is 5.25 Å². The van der Waals surface area contributed by atoms with Gasteiger partial charge in [-0.05, 0) is 81.1 Å². The summed E-state index contributed by atoms with van der Waals surface area (Å²) in [6, 6.07) is 13.6. The first kappa shape index (κ1) is 23.3. The smallest absolute Gasteiger partial charge is 0.264 e. The van der Waals surface area contributed by atoms with Crippen molar-refractivity contribution >= 4 is 46.6 Å². The van der Waals surface area contributed by atoms with E-state index in [1.165, 1.54) is 18.7 Å². The van der Waals surface area contributed by atoms with Gasteiger partial charge in [-0.3, -0.25) is 19.0 Å². The molecule has 1 N–H and O–H groups in total. The molecular weight excluding hydrogens is 458 g/mol. The maximum absolute atomic E-state index is 13.5. The minimum absolute atomic E-state index is 0.0451. The van der Waals surface area contributed by atoms with E-state index in [-0.39, 0.29) is 17.6 Å². The summed E-state index contributed by atoms with van der Waals surface area (Å²) in [5, 5.41) is 3.39. The van der Waals surface area contributed by atoms with Crippen LogP contribution in [0.1, 0.15) is 58.8 Å². The minimum atomic E-state index is -0.427. The molecule has 0 saturated heterocycles. The average Bonchev–Trinajstić information content (AvgIpc) is 3.16. The number of fused-ring (bicyclic) bond motifs is 1. The molecule has 0 saturated carbocycles. The van der Waals surface area contributed by atoms with Gasteiger partial charge in [0, 0.05) is 34.5 Å². The highest BCUT2D eigenvalue weighted by Crippen LogP contribution is 2.32. The summed E-state index contributed by atoms with van der Waals surface area (Å²) < 4.78 is 1.66. The third-order valence-corrected chi connectivity index (χ3v) is 6.84.